The third-order valence-corrected chi connectivity index (χ3v) is 5.67. The van der Waals surface area contributed by atoms with Crippen molar-refractivity contribution in [1.29, 1.82) is 0 Å². The number of rotatable bonds is 11. The van der Waals surface area contributed by atoms with Crippen LogP contribution in [-0.2, 0) is 17.8 Å². The predicted molar refractivity (Wildman–Crippen MR) is 114 cm³/mol. The lowest BCUT2D eigenvalue weighted by molar-refractivity contribution is -0.132. The molecule has 2 aromatic heterocycles. The van der Waals surface area contributed by atoms with Crippen LogP contribution in [0.2, 0.25) is 0 Å². The Morgan fingerprint density at radius 2 is 2.16 bits per heavy atom. The van der Waals surface area contributed by atoms with Crippen LogP contribution < -0.4 is 9.47 Å². The minimum atomic E-state index is -2.94. The lowest BCUT2D eigenvalue weighted by atomic mass is 10.1. The lowest BCUT2D eigenvalue weighted by Gasteiger charge is -2.23. The Bertz CT molecular complexity index is 1040. The average molecular weight is 464 g/mol. The smallest absolute Gasteiger partial charge is 0.387 e. The van der Waals surface area contributed by atoms with Crippen molar-refractivity contribution >= 4 is 17.2 Å². The van der Waals surface area contributed by atoms with Crippen molar-refractivity contribution in [3.05, 3.63) is 46.5 Å². The number of hydrogen-bond acceptors (Lipinski definition) is 7. The maximum absolute atomic E-state index is 12.9. The Labute approximate surface area is 187 Å². The number of hydrogen-bond donors (Lipinski definition) is 0. The van der Waals surface area contributed by atoms with Crippen molar-refractivity contribution in [3.8, 4) is 22.9 Å². The zero-order chi connectivity index (χ0) is 22.5. The van der Waals surface area contributed by atoms with Crippen molar-refractivity contribution < 1.29 is 27.6 Å². The summed E-state index contributed by atoms with van der Waals surface area (Å²) in [5, 5.41) is 7.84. The van der Waals surface area contributed by atoms with Gasteiger partial charge in [0.25, 0.3) is 0 Å². The minimum Gasteiger partial charge on any atom is -0.490 e. The van der Waals surface area contributed by atoms with Gasteiger partial charge < -0.3 is 18.9 Å². The Balaban J connectivity index is 1.40. The van der Waals surface area contributed by atoms with Crippen LogP contribution in [0.15, 0.2) is 39.5 Å². The molecule has 1 fully saturated rings. The summed E-state index contributed by atoms with van der Waals surface area (Å²) >= 11 is 1.55. The average Bonchev–Trinajstić information content (AvgIpc) is 3.24. The van der Waals surface area contributed by atoms with Crippen LogP contribution in [0.25, 0.3) is 11.4 Å². The largest absolute Gasteiger partial charge is 0.490 e. The first-order chi connectivity index (χ1) is 15.5. The Kier molecular flexibility index (Phi) is 6.99. The summed E-state index contributed by atoms with van der Waals surface area (Å²) in [6.45, 7) is -0.497. The first-order valence-electron chi connectivity index (χ1n) is 10.4. The van der Waals surface area contributed by atoms with Crippen molar-refractivity contribution in [2.24, 2.45) is 0 Å². The Morgan fingerprint density at radius 3 is 2.84 bits per heavy atom. The lowest BCUT2D eigenvalue weighted by Crippen LogP contribution is -2.32. The number of amides is 1. The van der Waals surface area contributed by atoms with Gasteiger partial charge in [0.05, 0.1) is 6.61 Å². The number of ether oxygens (including phenoxy) is 2. The Hall–Kier alpha value is -3.01. The van der Waals surface area contributed by atoms with Crippen LogP contribution in [-0.4, -0.2) is 40.2 Å². The molecule has 4 rings (SSSR count). The zero-order valence-corrected chi connectivity index (χ0v) is 18.3. The maximum atomic E-state index is 12.9. The van der Waals surface area contributed by atoms with Gasteiger partial charge in [0.2, 0.25) is 17.6 Å². The van der Waals surface area contributed by atoms with E-state index < -0.39 is 6.61 Å². The van der Waals surface area contributed by atoms with E-state index in [4.69, 9.17) is 9.26 Å². The van der Waals surface area contributed by atoms with E-state index in [1.165, 1.54) is 6.07 Å². The summed E-state index contributed by atoms with van der Waals surface area (Å²) in [4.78, 5) is 19.1. The van der Waals surface area contributed by atoms with Gasteiger partial charge in [0.1, 0.15) is 0 Å². The van der Waals surface area contributed by atoms with Crippen molar-refractivity contribution in [2.75, 3.05) is 6.61 Å². The highest BCUT2D eigenvalue weighted by Gasteiger charge is 2.32. The quantitative estimate of drug-likeness (QED) is 0.402. The zero-order valence-electron chi connectivity index (χ0n) is 17.5. The second kappa shape index (κ2) is 10.1. The standard InChI is InChI=1S/C22H23F2N3O4S/c1-2-29-18-11-14(3-6-17(18)30-22(23)24)12-27(16-4-5-16)20(28)8-7-19-25-21(26-31-19)15-9-10-32-13-15/h3,6,9-11,13,16,22H,2,4-5,7-8,12H2,1H3. The van der Waals surface area contributed by atoms with E-state index in [9.17, 15) is 13.6 Å². The molecule has 0 aliphatic heterocycles. The molecule has 1 amide bonds. The first kappa shape index (κ1) is 22.2. The summed E-state index contributed by atoms with van der Waals surface area (Å²) in [6.07, 6.45) is 2.48. The predicted octanol–water partition coefficient (Wildman–Crippen LogP) is 4.92. The number of carbonyl (C=O) groups is 1. The van der Waals surface area contributed by atoms with Gasteiger partial charge in [-0.15, -0.1) is 0 Å². The molecule has 32 heavy (non-hydrogen) atoms. The highest BCUT2D eigenvalue weighted by Crippen LogP contribution is 2.33. The van der Waals surface area contributed by atoms with Crippen LogP contribution in [0, 0.1) is 0 Å². The first-order valence-corrected chi connectivity index (χ1v) is 11.3. The van der Waals surface area contributed by atoms with Crippen LogP contribution >= 0.6 is 11.3 Å². The van der Waals surface area contributed by atoms with Gasteiger partial charge in [-0.3, -0.25) is 4.79 Å². The molecule has 0 atom stereocenters. The molecule has 0 N–H and O–H groups in total. The fourth-order valence-corrected chi connectivity index (χ4v) is 3.97. The molecule has 1 aliphatic rings. The summed E-state index contributed by atoms with van der Waals surface area (Å²) in [7, 11) is 0. The van der Waals surface area contributed by atoms with E-state index in [1.807, 2.05) is 21.7 Å². The van der Waals surface area contributed by atoms with Crippen molar-refractivity contribution in [1.82, 2.24) is 15.0 Å². The monoisotopic (exact) mass is 463 g/mol. The number of thiophene rings is 1. The number of aromatic nitrogens is 2. The number of nitrogens with zero attached hydrogens (tertiary/aromatic N) is 3. The van der Waals surface area contributed by atoms with E-state index >= 15 is 0 Å². The second-order valence-electron chi connectivity index (χ2n) is 7.37. The summed E-state index contributed by atoms with van der Waals surface area (Å²) < 4.78 is 40.5. The maximum Gasteiger partial charge on any atom is 0.387 e. The van der Waals surface area contributed by atoms with Gasteiger partial charge in [-0.25, -0.2) is 0 Å². The third kappa shape index (κ3) is 5.61. The molecule has 3 aromatic rings. The fourth-order valence-electron chi connectivity index (χ4n) is 3.34. The van der Waals surface area contributed by atoms with E-state index in [2.05, 4.69) is 14.9 Å². The summed E-state index contributed by atoms with van der Waals surface area (Å²) in [5.74, 6) is 1.13. The molecule has 1 aliphatic carbocycles. The van der Waals surface area contributed by atoms with Crippen LogP contribution in [0.5, 0.6) is 11.5 Å². The van der Waals surface area contributed by atoms with Crippen molar-refractivity contribution in [3.63, 3.8) is 0 Å². The molecule has 0 unspecified atom stereocenters. The summed E-state index contributed by atoms with van der Waals surface area (Å²) in [5.41, 5.74) is 1.67. The molecule has 0 radical (unpaired) electrons. The van der Waals surface area contributed by atoms with Gasteiger partial charge in [-0.1, -0.05) is 11.2 Å². The fraction of sp³-hybridized carbons (Fsp3) is 0.409. The SMILES string of the molecule is CCOc1cc(CN(C(=O)CCc2nc(-c3ccsc3)no2)C2CC2)ccc1OC(F)F. The van der Waals surface area contributed by atoms with E-state index in [-0.39, 0.29) is 29.9 Å². The highest BCUT2D eigenvalue weighted by atomic mass is 32.1. The number of halogens is 2. The molecule has 0 bridgehead atoms. The molecule has 7 nitrogen and oxygen atoms in total. The third-order valence-electron chi connectivity index (χ3n) is 4.99. The number of carbonyl (C=O) groups excluding carboxylic acids is 1. The molecular weight excluding hydrogens is 440 g/mol. The van der Waals surface area contributed by atoms with E-state index in [1.54, 1.807) is 30.4 Å². The van der Waals surface area contributed by atoms with Gasteiger partial charge in [-0.2, -0.15) is 25.1 Å². The molecule has 10 heteroatoms. The topological polar surface area (TPSA) is 77.7 Å². The van der Waals surface area contributed by atoms with Gasteiger partial charge in [-0.05, 0) is 48.9 Å². The Morgan fingerprint density at radius 1 is 1.31 bits per heavy atom. The van der Waals surface area contributed by atoms with Gasteiger partial charge >= 0.3 is 6.61 Å². The van der Waals surface area contributed by atoms with E-state index in [0.29, 0.717) is 31.3 Å². The minimum absolute atomic E-state index is 0.0198. The molecule has 1 saturated carbocycles. The summed E-state index contributed by atoms with van der Waals surface area (Å²) in [6, 6.07) is 6.86. The van der Waals surface area contributed by atoms with Crippen LogP contribution in [0.4, 0.5) is 8.78 Å². The molecular formula is C22H23F2N3O4S. The van der Waals surface area contributed by atoms with Gasteiger partial charge in [0.15, 0.2) is 11.5 Å². The molecule has 0 spiro atoms. The molecule has 2 heterocycles. The highest BCUT2D eigenvalue weighted by molar-refractivity contribution is 7.08. The van der Waals surface area contributed by atoms with Crippen LogP contribution in [0.1, 0.15) is 37.6 Å². The molecule has 1 aromatic carbocycles. The second-order valence-corrected chi connectivity index (χ2v) is 8.15. The van der Waals surface area contributed by atoms with Crippen LogP contribution in [0.3, 0.4) is 0 Å². The van der Waals surface area contributed by atoms with E-state index in [0.717, 1.165) is 24.0 Å². The number of alkyl halides is 2. The number of aryl methyl sites for hydroxylation is 1. The van der Waals surface area contributed by atoms with Crippen molar-refractivity contribution in [2.45, 2.75) is 51.8 Å². The molecule has 170 valence electrons. The van der Waals surface area contributed by atoms with Gasteiger partial charge in [0, 0.05) is 36.4 Å². The number of benzene rings is 1. The normalized spacial score (nSPS) is 13.4. The molecule has 0 saturated heterocycles.